The van der Waals surface area contributed by atoms with E-state index < -0.39 is 41.2 Å². The summed E-state index contributed by atoms with van der Waals surface area (Å²) in [5, 5.41) is 9.16. The molecular weight excluding hydrogens is 598 g/mol. The van der Waals surface area contributed by atoms with E-state index in [2.05, 4.69) is 15.6 Å². The molecule has 0 aliphatic heterocycles. The van der Waals surface area contributed by atoms with E-state index >= 15 is 4.39 Å². The Morgan fingerprint density at radius 1 is 1.00 bits per heavy atom. The summed E-state index contributed by atoms with van der Waals surface area (Å²) in [5.74, 6) is -1.89. The van der Waals surface area contributed by atoms with Gasteiger partial charge in [0.1, 0.15) is 11.4 Å². The maximum Gasteiger partial charge on any atom is 0.436 e. The van der Waals surface area contributed by atoms with Gasteiger partial charge in [-0.15, -0.1) is 5.10 Å². The summed E-state index contributed by atoms with van der Waals surface area (Å²) < 4.78 is 66.6. The lowest BCUT2D eigenvalue weighted by molar-refractivity contribution is -0.141. The normalized spacial score (nSPS) is 12.5. The minimum absolute atomic E-state index is 0.0376. The number of nitrogens with zero attached hydrogens (tertiary/aromatic N) is 4. The molecule has 0 saturated heterocycles. The van der Waals surface area contributed by atoms with Gasteiger partial charge in [-0.2, -0.15) is 13.2 Å². The number of halogens is 5. The van der Waals surface area contributed by atoms with E-state index in [0.717, 1.165) is 16.9 Å². The SMILES string of the molecule is COc1cn(C(F)C(=O)Nc2ccc(C(=O)OC(C)(C)C)cc2)c(=O)cc1-c1cc(Cl)ccc1-n1cc(C(F)(F)F)nn1. The van der Waals surface area contributed by atoms with Crippen LogP contribution in [0.3, 0.4) is 0 Å². The fraction of sp³-hybridized carbons (Fsp3) is 0.250. The first-order valence-corrected chi connectivity index (χ1v) is 12.8. The van der Waals surface area contributed by atoms with Crippen LogP contribution in [-0.2, 0) is 15.7 Å². The fourth-order valence-corrected chi connectivity index (χ4v) is 4.04. The predicted molar refractivity (Wildman–Crippen MR) is 148 cm³/mol. The van der Waals surface area contributed by atoms with Gasteiger partial charge >= 0.3 is 12.1 Å². The first-order chi connectivity index (χ1) is 20.1. The molecule has 226 valence electrons. The van der Waals surface area contributed by atoms with Crippen LogP contribution in [0.4, 0.5) is 23.2 Å². The van der Waals surface area contributed by atoms with Crippen molar-refractivity contribution < 1.29 is 36.6 Å². The molecule has 0 aliphatic carbocycles. The standard InChI is InChI=1S/C28H24ClF4N5O5/c1-27(2,3)43-26(41)15-5-8-17(9-6-15)34-25(40)24(30)37-13-21(42-4)19(12-23(37)39)18-11-16(29)7-10-20(18)38-14-22(35-36-38)28(31,32)33/h5-14,24H,1-4H3,(H,34,40). The molecule has 2 heterocycles. The third-order valence-electron chi connectivity index (χ3n) is 5.79. The van der Waals surface area contributed by atoms with E-state index in [4.69, 9.17) is 21.1 Å². The summed E-state index contributed by atoms with van der Waals surface area (Å²) in [6, 6.07) is 10.6. The second kappa shape index (κ2) is 11.9. The molecule has 2 aromatic carbocycles. The monoisotopic (exact) mass is 621 g/mol. The fourth-order valence-electron chi connectivity index (χ4n) is 3.87. The Bertz CT molecular complexity index is 1730. The van der Waals surface area contributed by atoms with Gasteiger partial charge in [-0.1, -0.05) is 16.8 Å². The van der Waals surface area contributed by atoms with Crippen molar-refractivity contribution in [3.05, 3.63) is 87.6 Å². The van der Waals surface area contributed by atoms with Crippen LogP contribution in [0.5, 0.6) is 5.75 Å². The Hall–Kier alpha value is -4.72. The summed E-state index contributed by atoms with van der Waals surface area (Å²) in [6.45, 7) is 5.13. The Kier molecular flexibility index (Phi) is 8.62. The van der Waals surface area contributed by atoms with Crippen LogP contribution in [0, 0.1) is 0 Å². The van der Waals surface area contributed by atoms with Crippen LogP contribution in [-0.4, -0.2) is 44.1 Å². The number of esters is 1. The number of amides is 1. The van der Waals surface area contributed by atoms with Gasteiger partial charge in [0.05, 0.1) is 30.8 Å². The summed E-state index contributed by atoms with van der Waals surface area (Å²) in [6.07, 6.45) is -5.66. The van der Waals surface area contributed by atoms with E-state index in [1.165, 1.54) is 49.6 Å². The van der Waals surface area contributed by atoms with Crippen molar-refractivity contribution in [2.24, 2.45) is 0 Å². The van der Waals surface area contributed by atoms with Crippen molar-refractivity contribution in [2.45, 2.75) is 38.8 Å². The van der Waals surface area contributed by atoms with Crippen LogP contribution in [0.1, 0.15) is 43.1 Å². The Morgan fingerprint density at radius 2 is 1.67 bits per heavy atom. The van der Waals surface area contributed by atoms with Gasteiger partial charge in [0, 0.05) is 27.9 Å². The molecule has 4 rings (SSSR count). The molecule has 1 N–H and O–H groups in total. The molecule has 2 aromatic heterocycles. The van der Waals surface area contributed by atoms with Gasteiger partial charge in [0.15, 0.2) is 5.69 Å². The number of alkyl halides is 4. The maximum atomic E-state index is 15.3. The zero-order chi connectivity index (χ0) is 31.7. The van der Waals surface area contributed by atoms with E-state index in [9.17, 15) is 27.6 Å². The molecule has 0 aliphatic rings. The molecular formula is C28H24ClF4N5O5. The van der Waals surface area contributed by atoms with Crippen LogP contribution in [0.25, 0.3) is 16.8 Å². The Morgan fingerprint density at radius 3 is 2.26 bits per heavy atom. The number of rotatable bonds is 7. The minimum atomic E-state index is -4.75. The van der Waals surface area contributed by atoms with Crippen molar-refractivity contribution in [3.63, 3.8) is 0 Å². The quantitative estimate of drug-likeness (QED) is 0.204. The maximum absolute atomic E-state index is 15.3. The number of aromatic nitrogens is 4. The van der Waals surface area contributed by atoms with Crippen molar-refractivity contribution in [1.29, 1.82) is 0 Å². The zero-order valence-electron chi connectivity index (χ0n) is 23.1. The average Bonchev–Trinajstić information content (AvgIpc) is 3.43. The lowest BCUT2D eigenvalue weighted by atomic mass is 10.0. The second-order valence-electron chi connectivity index (χ2n) is 10.1. The van der Waals surface area contributed by atoms with Gasteiger partial charge in [0.25, 0.3) is 17.8 Å². The lowest BCUT2D eigenvalue weighted by Crippen LogP contribution is -2.30. The highest BCUT2D eigenvalue weighted by Crippen LogP contribution is 2.36. The van der Waals surface area contributed by atoms with E-state index in [-0.39, 0.29) is 38.8 Å². The number of carbonyl (C=O) groups excluding carboxylic acids is 2. The smallest absolute Gasteiger partial charge is 0.436 e. The number of nitrogens with one attached hydrogen (secondary N) is 1. The van der Waals surface area contributed by atoms with Crippen molar-refractivity contribution in [2.75, 3.05) is 12.4 Å². The summed E-state index contributed by atoms with van der Waals surface area (Å²) in [5.41, 5.74) is -2.36. The van der Waals surface area contributed by atoms with E-state index in [1.54, 1.807) is 20.8 Å². The van der Waals surface area contributed by atoms with Gasteiger partial charge < -0.3 is 14.8 Å². The molecule has 10 nitrogen and oxygen atoms in total. The first-order valence-electron chi connectivity index (χ1n) is 12.5. The predicted octanol–water partition coefficient (Wildman–Crippen LogP) is 5.84. The molecule has 4 aromatic rings. The van der Waals surface area contributed by atoms with Gasteiger partial charge in [-0.25, -0.2) is 13.9 Å². The Labute approximate surface area is 246 Å². The highest BCUT2D eigenvalue weighted by molar-refractivity contribution is 6.31. The molecule has 1 amide bonds. The minimum Gasteiger partial charge on any atom is -0.495 e. The molecule has 1 unspecified atom stereocenters. The number of methoxy groups -OCH3 is 1. The summed E-state index contributed by atoms with van der Waals surface area (Å²) in [4.78, 5) is 37.9. The number of hydrogen-bond donors (Lipinski definition) is 1. The van der Waals surface area contributed by atoms with Gasteiger partial charge in [-0.3, -0.25) is 14.2 Å². The van der Waals surface area contributed by atoms with Crippen LogP contribution in [0.15, 0.2) is 65.7 Å². The largest absolute Gasteiger partial charge is 0.495 e. The highest BCUT2D eigenvalue weighted by atomic mass is 35.5. The van der Waals surface area contributed by atoms with E-state index in [0.29, 0.717) is 10.8 Å². The number of benzene rings is 2. The van der Waals surface area contributed by atoms with Crippen LogP contribution >= 0.6 is 11.6 Å². The van der Waals surface area contributed by atoms with Crippen LogP contribution in [0.2, 0.25) is 5.02 Å². The molecule has 1 atom stereocenters. The topological polar surface area (TPSA) is 117 Å². The highest BCUT2D eigenvalue weighted by Gasteiger charge is 2.35. The Balaban J connectivity index is 1.62. The number of ether oxygens (including phenoxy) is 2. The number of pyridine rings is 1. The van der Waals surface area contributed by atoms with Crippen molar-refractivity contribution in [3.8, 4) is 22.6 Å². The number of hydrogen-bond acceptors (Lipinski definition) is 7. The third-order valence-corrected chi connectivity index (χ3v) is 6.03. The number of carbonyl (C=O) groups is 2. The third kappa shape index (κ3) is 7.20. The first kappa shape index (κ1) is 31.2. The van der Waals surface area contributed by atoms with E-state index in [1.807, 2.05) is 0 Å². The van der Waals surface area contributed by atoms with Crippen molar-refractivity contribution in [1.82, 2.24) is 19.6 Å². The summed E-state index contributed by atoms with van der Waals surface area (Å²) in [7, 11) is 1.22. The van der Waals surface area contributed by atoms with Crippen molar-refractivity contribution >= 4 is 29.2 Å². The van der Waals surface area contributed by atoms with Gasteiger partial charge in [0.2, 0.25) is 0 Å². The summed E-state index contributed by atoms with van der Waals surface area (Å²) >= 11 is 6.13. The molecule has 0 radical (unpaired) electrons. The molecule has 0 bridgehead atoms. The molecule has 43 heavy (non-hydrogen) atoms. The lowest BCUT2D eigenvalue weighted by Gasteiger charge is -2.19. The van der Waals surface area contributed by atoms with Gasteiger partial charge in [-0.05, 0) is 63.2 Å². The molecule has 15 heteroatoms. The number of anilines is 1. The average molecular weight is 622 g/mol. The molecule has 0 spiro atoms. The second-order valence-corrected chi connectivity index (χ2v) is 10.5. The zero-order valence-corrected chi connectivity index (χ0v) is 23.8. The van der Waals surface area contributed by atoms with Crippen LogP contribution < -0.4 is 15.6 Å². The molecule has 0 fully saturated rings. The molecule has 0 saturated carbocycles.